The zero-order valence-corrected chi connectivity index (χ0v) is 35.6. The molecule has 0 aromatic heterocycles. The fourth-order valence-corrected chi connectivity index (χ4v) is 5.55. The van der Waals surface area contributed by atoms with Crippen LogP contribution in [0.1, 0.15) is 52.6 Å². The summed E-state index contributed by atoms with van der Waals surface area (Å²) in [4.78, 5) is 53.1. The number of anilines is 2. The molecule has 0 spiro atoms. The molecule has 0 N–H and O–H groups in total. The van der Waals surface area contributed by atoms with Gasteiger partial charge in [0.15, 0.2) is 0 Å². The van der Waals surface area contributed by atoms with Crippen molar-refractivity contribution in [2.24, 2.45) is 0 Å². The van der Waals surface area contributed by atoms with Crippen molar-refractivity contribution in [2.45, 2.75) is 13.8 Å². The molecule has 312 valence electrons. The monoisotopic (exact) mass is 878 g/mol. The molecule has 0 aliphatic rings. The van der Waals surface area contributed by atoms with Gasteiger partial charge in [-0.1, -0.05) is 71.8 Å². The molecule has 8 aromatic carbocycles. The SMILES string of the molecule is Cc1ccc(C(=O)N(C(=O)c2ccccc2)c2ccc(F)[c-]c2F)cc1.Cc1ccc(C(=O)N(C(=O)c2ccccc2)c2ccc(F)[c-]c2F)cc1.[Ti+4].c1cc[cH-]c1.c1cc[cH-]c1. The summed E-state index contributed by atoms with van der Waals surface area (Å²) in [5, 5.41) is 0. The van der Waals surface area contributed by atoms with E-state index in [1.54, 1.807) is 84.9 Å². The van der Waals surface area contributed by atoms with Crippen LogP contribution >= 0.6 is 0 Å². The molecule has 8 aromatic rings. The van der Waals surface area contributed by atoms with E-state index in [-0.39, 0.29) is 55.3 Å². The number of benzene rings is 6. The largest absolute Gasteiger partial charge is 4.00 e. The third-order valence-electron chi connectivity index (χ3n) is 8.73. The Bertz CT molecular complexity index is 2440. The van der Waals surface area contributed by atoms with Gasteiger partial charge >= 0.3 is 21.7 Å². The van der Waals surface area contributed by atoms with Crippen LogP contribution in [-0.4, -0.2) is 23.6 Å². The summed E-state index contributed by atoms with van der Waals surface area (Å²) in [6.07, 6.45) is 0. The summed E-state index contributed by atoms with van der Waals surface area (Å²) >= 11 is 0. The Labute approximate surface area is 378 Å². The summed E-state index contributed by atoms with van der Waals surface area (Å²) in [5.41, 5.74) is 1.99. The van der Waals surface area contributed by atoms with Crippen molar-refractivity contribution < 1.29 is 58.5 Å². The molecular weight excluding hydrogens is 840 g/mol. The number of carbonyl (C=O) groups is 4. The van der Waals surface area contributed by atoms with Gasteiger partial charge in [-0.25, -0.2) is 41.8 Å². The molecule has 0 saturated heterocycles. The number of hydrogen-bond acceptors (Lipinski definition) is 4. The fourth-order valence-electron chi connectivity index (χ4n) is 5.55. The van der Waals surface area contributed by atoms with Crippen LogP contribution in [0.4, 0.5) is 28.9 Å². The third-order valence-corrected chi connectivity index (χ3v) is 8.73. The second-order valence-corrected chi connectivity index (χ2v) is 13.3. The molecule has 0 aliphatic carbocycles. The van der Waals surface area contributed by atoms with Crippen molar-refractivity contribution in [3.05, 3.63) is 263 Å². The summed E-state index contributed by atoms with van der Waals surface area (Å²) in [6, 6.07) is 56.8. The fraction of sp³-hybridized carbons (Fsp3) is 0.0385. The van der Waals surface area contributed by atoms with Gasteiger partial charge in [-0.05, 0) is 73.8 Å². The van der Waals surface area contributed by atoms with Gasteiger partial charge in [0.1, 0.15) is 0 Å². The number of halogens is 4. The smallest absolute Gasteiger partial charge is 0.295 e. The third kappa shape index (κ3) is 13.9. The molecule has 0 atom stereocenters. The van der Waals surface area contributed by atoms with Crippen molar-refractivity contribution in [3.63, 3.8) is 0 Å². The number of aryl methyl sites for hydroxylation is 2. The minimum absolute atomic E-state index is 0. The average molecular weight is 879 g/mol. The Balaban J connectivity index is 0.000000223. The van der Waals surface area contributed by atoms with Gasteiger partial charge in [-0.15, -0.1) is 36.4 Å². The molecular formula is C52H38F4N2O4Ti. The average Bonchev–Trinajstić information content (AvgIpc) is 4.08. The van der Waals surface area contributed by atoms with Crippen LogP contribution in [0.5, 0.6) is 0 Å². The van der Waals surface area contributed by atoms with Gasteiger partial charge < -0.3 is 0 Å². The normalized spacial score (nSPS) is 9.87. The molecule has 0 heterocycles. The second-order valence-electron chi connectivity index (χ2n) is 13.3. The first-order valence-electron chi connectivity index (χ1n) is 19.0. The topological polar surface area (TPSA) is 74.8 Å². The minimum atomic E-state index is -1.12. The molecule has 0 bridgehead atoms. The van der Waals surface area contributed by atoms with Crippen molar-refractivity contribution in [2.75, 3.05) is 9.80 Å². The van der Waals surface area contributed by atoms with E-state index in [1.807, 2.05) is 86.6 Å². The molecule has 0 saturated carbocycles. The molecule has 0 fully saturated rings. The molecule has 63 heavy (non-hydrogen) atoms. The Kier molecular flexibility index (Phi) is 18.6. The van der Waals surface area contributed by atoms with E-state index < -0.39 is 46.9 Å². The Morgan fingerprint density at radius 3 is 0.937 bits per heavy atom. The predicted octanol–water partition coefficient (Wildman–Crippen LogP) is 11.9. The molecule has 0 radical (unpaired) electrons. The zero-order valence-electron chi connectivity index (χ0n) is 34.0. The number of imide groups is 2. The number of carbonyl (C=O) groups excluding carboxylic acids is 4. The van der Waals surface area contributed by atoms with E-state index in [0.29, 0.717) is 9.80 Å². The second kappa shape index (κ2) is 24.2. The van der Waals surface area contributed by atoms with Crippen LogP contribution in [0.15, 0.2) is 194 Å². The van der Waals surface area contributed by atoms with Crippen molar-refractivity contribution in [3.8, 4) is 0 Å². The number of amides is 4. The first-order chi connectivity index (χ1) is 29.9. The van der Waals surface area contributed by atoms with Gasteiger partial charge in [-0.2, -0.15) is 36.4 Å². The maximum atomic E-state index is 14.3. The van der Waals surface area contributed by atoms with E-state index in [0.717, 1.165) is 35.4 Å². The van der Waals surface area contributed by atoms with Gasteiger partial charge in [0.05, 0.1) is 0 Å². The van der Waals surface area contributed by atoms with E-state index >= 15 is 0 Å². The van der Waals surface area contributed by atoms with Gasteiger partial charge in [0.25, 0.3) is 23.6 Å². The number of rotatable bonds is 6. The van der Waals surface area contributed by atoms with Crippen LogP contribution in [0.2, 0.25) is 0 Å². The van der Waals surface area contributed by atoms with Gasteiger partial charge in [-0.3, -0.25) is 29.0 Å². The van der Waals surface area contributed by atoms with Crippen LogP contribution in [0, 0.1) is 49.2 Å². The van der Waals surface area contributed by atoms with Crippen LogP contribution in [-0.2, 0) is 21.7 Å². The van der Waals surface area contributed by atoms with Crippen LogP contribution in [0.25, 0.3) is 0 Å². The molecule has 11 heteroatoms. The molecule has 0 unspecified atom stereocenters. The van der Waals surface area contributed by atoms with Crippen molar-refractivity contribution in [1.82, 2.24) is 0 Å². The van der Waals surface area contributed by atoms with Gasteiger partial charge in [0.2, 0.25) is 0 Å². The predicted molar refractivity (Wildman–Crippen MR) is 232 cm³/mol. The van der Waals surface area contributed by atoms with E-state index in [2.05, 4.69) is 0 Å². The Hall–Kier alpha value is -7.27. The number of hydrogen-bond donors (Lipinski definition) is 0. The molecule has 4 amide bonds. The maximum absolute atomic E-state index is 14.3. The molecule has 8 rings (SSSR count). The standard InChI is InChI=1S/2C21H14F2NO2.2C5H5.Ti/c2*1-14-7-9-16(10-8-14)21(26)24(19-12-11-17(22)13-18(19)23)20(25)15-5-3-2-4-6-15;2*1-2-4-5-3-1;/h2*2-12H,1H3;2*1-5H;/q4*-1;+4. The van der Waals surface area contributed by atoms with Gasteiger partial charge in [0, 0.05) is 45.5 Å². The van der Waals surface area contributed by atoms with Crippen molar-refractivity contribution in [1.29, 1.82) is 0 Å². The summed E-state index contributed by atoms with van der Waals surface area (Å²) < 4.78 is 55.0. The quantitative estimate of drug-likeness (QED) is 0.0722. The molecule has 6 nitrogen and oxygen atoms in total. The minimum Gasteiger partial charge on any atom is -0.295 e. The van der Waals surface area contributed by atoms with Crippen LogP contribution < -0.4 is 9.80 Å². The summed E-state index contributed by atoms with van der Waals surface area (Å²) in [7, 11) is 0. The first kappa shape index (κ1) is 48.4. The number of nitrogens with zero attached hydrogens (tertiary/aromatic N) is 2. The van der Waals surface area contributed by atoms with Crippen LogP contribution in [0.3, 0.4) is 0 Å². The Morgan fingerprint density at radius 2 is 0.683 bits per heavy atom. The molecule has 0 aliphatic heterocycles. The summed E-state index contributed by atoms with van der Waals surface area (Å²) in [6.45, 7) is 3.71. The Morgan fingerprint density at radius 1 is 0.397 bits per heavy atom. The van der Waals surface area contributed by atoms with E-state index in [9.17, 15) is 36.7 Å². The summed E-state index contributed by atoms with van der Waals surface area (Å²) in [5.74, 6) is -6.91. The first-order valence-corrected chi connectivity index (χ1v) is 19.0. The van der Waals surface area contributed by atoms with Crippen molar-refractivity contribution >= 4 is 35.0 Å². The van der Waals surface area contributed by atoms with E-state index in [1.165, 1.54) is 24.3 Å². The maximum Gasteiger partial charge on any atom is 4.00 e. The zero-order chi connectivity index (χ0) is 44.4. The van der Waals surface area contributed by atoms with E-state index in [4.69, 9.17) is 0 Å².